The van der Waals surface area contributed by atoms with Crippen LogP contribution in [-0.2, 0) is 17.1 Å². The average molecular weight is 401 g/mol. The Morgan fingerprint density at radius 3 is 2.50 bits per heavy atom. The lowest BCUT2D eigenvalue weighted by atomic mass is 10.1. The number of ether oxygens (including phenoxy) is 1. The van der Waals surface area contributed by atoms with Gasteiger partial charge in [-0.05, 0) is 18.2 Å². The van der Waals surface area contributed by atoms with Gasteiger partial charge in [-0.3, -0.25) is 14.3 Å². The summed E-state index contributed by atoms with van der Waals surface area (Å²) in [6.45, 7) is 0. The number of hydrogen-bond donors (Lipinski definition) is 2. The second-order valence-electron chi connectivity index (χ2n) is 6.22. The summed E-state index contributed by atoms with van der Waals surface area (Å²) >= 11 is 0. The minimum absolute atomic E-state index is 0.246. The summed E-state index contributed by atoms with van der Waals surface area (Å²) in [5.41, 5.74) is 1.24. The van der Waals surface area contributed by atoms with Crippen molar-refractivity contribution >= 4 is 38.2 Å². The van der Waals surface area contributed by atoms with Crippen molar-refractivity contribution in [2.75, 3.05) is 23.4 Å². The minimum Gasteiger partial charge on any atom is -0.494 e. The first-order valence-electron chi connectivity index (χ1n) is 8.25. The van der Waals surface area contributed by atoms with Gasteiger partial charge in [0.05, 0.1) is 30.1 Å². The van der Waals surface area contributed by atoms with E-state index in [-0.39, 0.29) is 22.6 Å². The molecule has 28 heavy (non-hydrogen) atoms. The molecule has 1 amide bonds. The van der Waals surface area contributed by atoms with Gasteiger partial charge < -0.3 is 14.6 Å². The van der Waals surface area contributed by atoms with E-state index in [0.717, 1.165) is 6.26 Å². The highest BCUT2D eigenvalue weighted by atomic mass is 32.2. The number of anilines is 2. The number of carbonyl (C=O) groups is 1. The van der Waals surface area contributed by atoms with E-state index in [4.69, 9.17) is 4.74 Å². The Kier molecular flexibility index (Phi) is 5.10. The lowest BCUT2D eigenvalue weighted by Gasteiger charge is -2.13. The molecule has 2 aromatic carbocycles. The van der Waals surface area contributed by atoms with E-state index in [1.54, 1.807) is 31.3 Å². The van der Waals surface area contributed by atoms with Crippen LogP contribution in [0.4, 0.5) is 11.4 Å². The van der Waals surface area contributed by atoms with E-state index in [2.05, 4.69) is 10.0 Å². The van der Waals surface area contributed by atoms with Crippen LogP contribution in [-0.4, -0.2) is 32.3 Å². The minimum atomic E-state index is -3.48. The molecule has 0 bridgehead atoms. The number of amides is 1. The number of benzene rings is 2. The Hall–Kier alpha value is -3.33. The van der Waals surface area contributed by atoms with Gasteiger partial charge in [0, 0.05) is 30.3 Å². The van der Waals surface area contributed by atoms with E-state index in [1.807, 2.05) is 0 Å². The number of para-hydroxylation sites is 1. The summed E-state index contributed by atoms with van der Waals surface area (Å²) in [5, 5.41) is 3.36. The van der Waals surface area contributed by atoms with Crippen molar-refractivity contribution in [1.29, 1.82) is 0 Å². The van der Waals surface area contributed by atoms with Crippen LogP contribution in [0.1, 0.15) is 10.4 Å². The van der Waals surface area contributed by atoms with E-state index in [1.165, 1.54) is 35.9 Å². The fraction of sp³-hybridized carbons (Fsp3) is 0.158. The Bertz CT molecular complexity index is 1230. The zero-order chi connectivity index (χ0) is 20.5. The molecule has 3 aromatic rings. The van der Waals surface area contributed by atoms with Gasteiger partial charge in [0.25, 0.3) is 11.5 Å². The molecule has 0 unspecified atom stereocenters. The molecule has 2 N–H and O–H groups in total. The molecule has 0 aliphatic heterocycles. The van der Waals surface area contributed by atoms with Crippen LogP contribution < -0.4 is 20.3 Å². The number of rotatable bonds is 5. The van der Waals surface area contributed by atoms with Gasteiger partial charge in [-0.1, -0.05) is 18.2 Å². The van der Waals surface area contributed by atoms with Gasteiger partial charge in [0.2, 0.25) is 10.0 Å². The zero-order valence-corrected chi connectivity index (χ0v) is 16.3. The van der Waals surface area contributed by atoms with Gasteiger partial charge in [0.15, 0.2) is 0 Å². The second-order valence-corrected chi connectivity index (χ2v) is 7.96. The van der Waals surface area contributed by atoms with Crippen LogP contribution in [0.2, 0.25) is 0 Å². The maximum absolute atomic E-state index is 12.8. The Balaban J connectivity index is 1.97. The molecule has 0 aliphatic rings. The van der Waals surface area contributed by atoms with Gasteiger partial charge in [-0.15, -0.1) is 0 Å². The topological polar surface area (TPSA) is 106 Å². The molecule has 0 fully saturated rings. The number of hydrogen-bond acceptors (Lipinski definition) is 5. The van der Waals surface area contributed by atoms with Crippen LogP contribution in [0.15, 0.2) is 53.3 Å². The highest BCUT2D eigenvalue weighted by Crippen LogP contribution is 2.29. The van der Waals surface area contributed by atoms with E-state index in [0.29, 0.717) is 16.6 Å². The summed E-state index contributed by atoms with van der Waals surface area (Å²) in [5.74, 6) is -0.211. The molecule has 1 aromatic heterocycles. The molecule has 0 saturated heterocycles. The number of aryl methyl sites for hydroxylation is 1. The van der Waals surface area contributed by atoms with Crippen molar-refractivity contribution in [2.24, 2.45) is 7.05 Å². The van der Waals surface area contributed by atoms with Crippen LogP contribution in [0.25, 0.3) is 10.9 Å². The number of carbonyl (C=O) groups excluding carboxylic acids is 1. The molecular formula is C19H19N3O5S. The third-order valence-electron chi connectivity index (χ3n) is 4.15. The first-order chi connectivity index (χ1) is 13.2. The molecular weight excluding hydrogens is 382 g/mol. The van der Waals surface area contributed by atoms with E-state index < -0.39 is 15.9 Å². The summed E-state index contributed by atoms with van der Waals surface area (Å²) in [6.07, 6.45) is 1.03. The number of sulfonamides is 1. The zero-order valence-electron chi connectivity index (χ0n) is 15.5. The maximum Gasteiger partial charge on any atom is 0.256 e. The number of methoxy groups -OCH3 is 1. The van der Waals surface area contributed by atoms with Crippen LogP contribution in [0, 0.1) is 0 Å². The van der Waals surface area contributed by atoms with Crippen molar-refractivity contribution in [3.63, 3.8) is 0 Å². The average Bonchev–Trinajstić information content (AvgIpc) is 2.64. The molecule has 3 rings (SSSR count). The third kappa shape index (κ3) is 3.99. The van der Waals surface area contributed by atoms with E-state index in [9.17, 15) is 18.0 Å². The number of nitrogens with zero attached hydrogens (tertiary/aromatic N) is 1. The quantitative estimate of drug-likeness (QED) is 0.681. The molecule has 0 aliphatic carbocycles. The van der Waals surface area contributed by atoms with Gasteiger partial charge >= 0.3 is 0 Å². The number of fused-ring (bicyclic) bond motifs is 1. The van der Waals surface area contributed by atoms with Crippen LogP contribution >= 0.6 is 0 Å². The summed E-state index contributed by atoms with van der Waals surface area (Å²) in [7, 11) is -0.441. The highest BCUT2D eigenvalue weighted by molar-refractivity contribution is 7.92. The molecule has 0 spiro atoms. The smallest absolute Gasteiger partial charge is 0.256 e. The Morgan fingerprint density at radius 2 is 1.82 bits per heavy atom. The lowest BCUT2D eigenvalue weighted by molar-refractivity contribution is 0.102. The van der Waals surface area contributed by atoms with Crippen molar-refractivity contribution < 1.29 is 17.9 Å². The first kappa shape index (κ1) is 19.4. The Labute approximate surface area is 161 Å². The molecule has 8 nitrogen and oxygen atoms in total. The number of pyridine rings is 1. The van der Waals surface area contributed by atoms with Crippen molar-refractivity contribution in [2.45, 2.75) is 0 Å². The summed E-state index contributed by atoms with van der Waals surface area (Å²) < 4.78 is 31.9. The maximum atomic E-state index is 12.8. The predicted molar refractivity (Wildman–Crippen MR) is 109 cm³/mol. The fourth-order valence-electron chi connectivity index (χ4n) is 2.85. The predicted octanol–water partition coefficient (Wildman–Crippen LogP) is 2.17. The lowest BCUT2D eigenvalue weighted by Crippen LogP contribution is -2.21. The molecule has 0 radical (unpaired) electrons. The number of aromatic nitrogens is 1. The second kappa shape index (κ2) is 7.35. The van der Waals surface area contributed by atoms with Crippen molar-refractivity contribution in [3.8, 4) is 5.75 Å². The molecule has 146 valence electrons. The standard InChI is InChI=1S/C19H19N3O5S/c1-22-16-7-5-4-6-13(16)14(11-18(22)23)19(24)20-12-8-9-15(17(10-12)27-2)21-28(3,25)26/h4-11,21H,1-3H3,(H,20,24). The largest absolute Gasteiger partial charge is 0.494 e. The summed E-state index contributed by atoms with van der Waals surface area (Å²) in [6, 6.07) is 12.9. The number of nitrogens with one attached hydrogen (secondary N) is 2. The van der Waals surface area contributed by atoms with Crippen molar-refractivity contribution in [1.82, 2.24) is 4.57 Å². The van der Waals surface area contributed by atoms with Crippen LogP contribution in [0.5, 0.6) is 5.75 Å². The summed E-state index contributed by atoms with van der Waals surface area (Å²) in [4.78, 5) is 25.0. The molecule has 0 saturated carbocycles. The monoisotopic (exact) mass is 401 g/mol. The van der Waals surface area contributed by atoms with Crippen molar-refractivity contribution in [3.05, 3.63) is 64.4 Å². The van der Waals surface area contributed by atoms with E-state index >= 15 is 0 Å². The van der Waals surface area contributed by atoms with Gasteiger partial charge in [0.1, 0.15) is 5.75 Å². The normalized spacial score (nSPS) is 11.2. The molecule has 1 heterocycles. The van der Waals surface area contributed by atoms with Crippen LogP contribution in [0.3, 0.4) is 0 Å². The van der Waals surface area contributed by atoms with Gasteiger partial charge in [-0.2, -0.15) is 0 Å². The fourth-order valence-corrected chi connectivity index (χ4v) is 3.42. The first-order valence-corrected chi connectivity index (χ1v) is 10.1. The SMILES string of the molecule is COc1cc(NC(=O)c2cc(=O)n(C)c3ccccc23)ccc1NS(C)(=O)=O. The molecule has 0 atom stereocenters. The Morgan fingerprint density at radius 1 is 1.11 bits per heavy atom. The third-order valence-corrected chi connectivity index (χ3v) is 4.74. The molecule has 9 heteroatoms. The van der Waals surface area contributed by atoms with Gasteiger partial charge in [-0.25, -0.2) is 8.42 Å². The highest BCUT2D eigenvalue weighted by Gasteiger charge is 2.15.